The number of ether oxygens (including phenoxy) is 6. The third-order valence-corrected chi connectivity index (χ3v) is 16.2. The summed E-state index contributed by atoms with van der Waals surface area (Å²) in [6, 6.07) is -2.53. The minimum absolute atomic E-state index is 0.219. The van der Waals surface area contributed by atoms with E-state index >= 15 is 0 Å². The van der Waals surface area contributed by atoms with Crippen molar-refractivity contribution in [3.63, 3.8) is 0 Å². The number of carbonyl (C=O) groups excluding carboxylic acids is 2. The highest BCUT2D eigenvalue weighted by atomic mass is 16.8. The number of carboxylic acid groups (broad SMARTS) is 1. The van der Waals surface area contributed by atoms with Gasteiger partial charge >= 0.3 is 5.97 Å². The first-order chi connectivity index (χ1) is 39.9. The van der Waals surface area contributed by atoms with Crippen LogP contribution in [0.2, 0.25) is 0 Å². The summed E-state index contributed by atoms with van der Waals surface area (Å²) in [5, 5.41) is 136. The van der Waals surface area contributed by atoms with E-state index < -0.39 is 148 Å². The molecule has 0 aromatic carbocycles. The number of carboxylic acids is 1. The number of carbonyl (C=O) groups is 3. The highest BCUT2D eigenvalue weighted by molar-refractivity contribution is 5.77. The van der Waals surface area contributed by atoms with E-state index in [4.69, 9.17) is 28.4 Å². The van der Waals surface area contributed by atoms with Crippen molar-refractivity contribution in [2.24, 2.45) is 0 Å². The molecule has 0 aliphatic carbocycles. The predicted molar refractivity (Wildman–Crippen MR) is 306 cm³/mol. The molecule has 3 heterocycles. The first-order valence-corrected chi connectivity index (χ1v) is 31.5. The molecule has 2 amide bonds. The van der Waals surface area contributed by atoms with Crippen LogP contribution >= 0.6 is 0 Å². The van der Waals surface area contributed by atoms with E-state index in [2.05, 4.69) is 36.6 Å². The van der Waals surface area contributed by atoms with Gasteiger partial charge in [-0.15, -0.1) is 0 Å². The van der Waals surface area contributed by atoms with Gasteiger partial charge in [0.25, 0.3) is 5.79 Å². The molecule has 0 bridgehead atoms. The molecule has 0 aromatic heterocycles. The molecule has 83 heavy (non-hydrogen) atoms. The van der Waals surface area contributed by atoms with Crippen molar-refractivity contribution in [2.75, 3.05) is 26.4 Å². The van der Waals surface area contributed by atoms with Crippen molar-refractivity contribution in [2.45, 2.75) is 323 Å². The molecule has 3 aliphatic rings. The monoisotopic (exact) mass is 1190 g/mol. The molecule has 486 valence electrons. The summed E-state index contributed by atoms with van der Waals surface area (Å²) in [6.45, 7) is 2.16. The van der Waals surface area contributed by atoms with Crippen LogP contribution in [0.3, 0.4) is 0 Å². The zero-order valence-corrected chi connectivity index (χ0v) is 50.1. The molecule has 3 fully saturated rings. The molecule has 23 nitrogen and oxygen atoms in total. The van der Waals surface area contributed by atoms with Gasteiger partial charge in [0, 0.05) is 19.8 Å². The third-order valence-electron chi connectivity index (χ3n) is 16.2. The van der Waals surface area contributed by atoms with Crippen molar-refractivity contribution >= 4 is 17.8 Å². The van der Waals surface area contributed by atoms with Crippen LogP contribution in [-0.4, -0.2) is 215 Å². The van der Waals surface area contributed by atoms with Gasteiger partial charge < -0.3 is 100 Å². The van der Waals surface area contributed by atoms with Crippen molar-refractivity contribution in [1.29, 1.82) is 0 Å². The van der Waals surface area contributed by atoms with Crippen LogP contribution in [0.4, 0.5) is 0 Å². The molecule has 0 saturated carbocycles. The van der Waals surface area contributed by atoms with E-state index in [1.807, 2.05) is 0 Å². The number of aliphatic hydroxyl groups is 11. The van der Waals surface area contributed by atoms with Crippen molar-refractivity contribution in [3.8, 4) is 0 Å². The van der Waals surface area contributed by atoms with Gasteiger partial charge in [-0.25, -0.2) is 4.79 Å². The Kier molecular flexibility index (Phi) is 38.1. The van der Waals surface area contributed by atoms with E-state index in [9.17, 15) is 75.7 Å². The molecule has 14 N–H and O–H groups in total. The summed E-state index contributed by atoms with van der Waals surface area (Å²) in [5.74, 6) is -6.11. The summed E-state index contributed by atoms with van der Waals surface area (Å²) in [6.07, 6.45) is 6.62. The Morgan fingerprint density at radius 1 is 0.614 bits per heavy atom. The van der Waals surface area contributed by atoms with Gasteiger partial charge in [0.1, 0.15) is 67.1 Å². The molecule has 0 spiro atoms. The molecular weight excluding hydrogens is 1080 g/mol. The second-order valence-electron chi connectivity index (χ2n) is 23.3. The normalized spacial score (nSPS) is 30.0. The maximum Gasteiger partial charge on any atom is 0.364 e. The standard InChI is InChI=1S/C60H110N2O21/c1-4-6-8-10-12-14-16-18-19-20-21-22-24-26-28-30-32-34-47(70)62-41(42(67)33-31-29-27-25-23-17-15-13-11-9-7-5-2)39-78-57-52(74)51(73)54(46(38-65)80-57)81-58-53(75)56(50(72)45(37-64)79-58)83-60(59(76)77)35-43(68)48(61-40(3)66)55(82-60)49(71)44(69)36-63/h18-19,41-46,48-58,63-65,67-69,71-75H,4-17,20-39H2,1-3H3,(H,61,66)(H,62,70)(H,76,77)/b19-18-. The Labute approximate surface area is 492 Å². The van der Waals surface area contributed by atoms with E-state index in [0.717, 1.165) is 84.0 Å². The third kappa shape index (κ3) is 26.4. The molecule has 0 radical (unpaired) electrons. The first-order valence-electron chi connectivity index (χ1n) is 31.5. The molecule has 18 atom stereocenters. The summed E-state index contributed by atoms with van der Waals surface area (Å²) in [4.78, 5) is 38.4. The van der Waals surface area contributed by atoms with Gasteiger partial charge in [0.05, 0.1) is 50.7 Å². The van der Waals surface area contributed by atoms with E-state index in [1.54, 1.807) is 0 Å². The highest BCUT2D eigenvalue weighted by Gasteiger charge is 2.60. The van der Waals surface area contributed by atoms with E-state index in [1.165, 1.54) is 83.5 Å². The SMILES string of the molecule is CCCCCCCC/C=C\CCCCCCCCCC(=O)NC(COC1OC(CO)C(OC2OC(CO)C(O)C(OC3(C(=O)O)CC(O)C(NC(C)=O)C(C(O)C(O)CO)O3)C2O)C(O)C1O)C(O)CCCCCCCCCCCCCC. The predicted octanol–water partition coefficient (Wildman–Crippen LogP) is 3.56. The Balaban J connectivity index is 1.64. The van der Waals surface area contributed by atoms with Gasteiger partial charge in [-0.3, -0.25) is 9.59 Å². The Hall–Kier alpha value is -2.53. The Morgan fingerprint density at radius 2 is 1.12 bits per heavy atom. The number of allylic oxidation sites excluding steroid dienone is 2. The molecular formula is C60H110N2O21. The summed E-state index contributed by atoms with van der Waals surface area (Å²) < 4.78 is 34.7. The number of amides is 2. The lowest BCUT2D eigenvalue weighted by Gasteiger charge is -2.50. The molecule has 0 aromatic rings. The van der Waals surface area contributed by atoms with E-state index in [0.29, 0.717) is 19.3 Å². The summed E-state index contributed by atoms with van der Waals surface area (Å²) in [5.41, 5.74) is 0. The average molecular weight is 1200 g/mol. The zero-order chi connectivity index (χ0) is 61.2. The largest absolute Gasteiger partial charge is 0.477 e. The quantitative estimate of drug-likeness (QED) is 0.0306. The van der Waals surface area contributed by atoms with Crippen LogP contribution in [0.25, 0.3) is 0 Å². The molecule has 3 aliphatic heterocycles. The Morgan fingerprint density at radius 3 is 1.63 bits per heavy atom. The lowest BCUT2D eigenvalue weighted by atomic mass is 9.88. The topological polar surface area (TPSA) is 373 Å². The molecule has 3 rings (SSSR count). The second-order valence-corrected chi connectivity index (χ2v) is 23.3. The number of aliphatic hydroxyl groups excluding tert-OH is 11. The fourth-order valence-corrected chi connectivity index (χ4v) is 11.1. The van der Waals surface area contributed by atoms with Crippen molar-refractivity contribution in [1.82, 2.24) is 10.6 Å². The fraction of sp³-hybridized carbons (Fsp3) is 0.917. The van der Waals surface area contributed by atoms with Gasteiger partial charge in [-0.05, 0) is 38.5 Å². The van der Waals surface area contributed by atoms with Crippen molar-refractivity contribution < 1.29 is 104 Å². The molecule has 18 unspecified atom stereocenters. The number of hydrogen-bond donors (Lipinski definition) is 14. The maximum atomic E-state index is 13.4. The summed E-state index contributed by atoms with van der Waals surface area (Å²) >= 11 is 0. The minimum atomic E-state index is -3.08. The number of unbranched alkanes of at least 4 members (excludes halogenated alkanes) is 24. The van der Waals surface area contributed by atoms with Crippen LogP contribution in [0.15, 0.2) is 12.2 Å². The number of rotatable bonds is 46. The van der Waals surface area contributed by atoms with Crippen LogP contribution in [0, 0.1) is 0 Å². The maximum absolute atomic E-state index is 13.4. The number of aliphatic carboxylic acids is 1. The zero-order valence-electron chi connectivity index (χ0n) is 50.1. The van der Waals surface area contributed by atoms with Gasteiger partial charge in [-0.1, -0.05) is 167 Å². The van der Waals surface area contributed by atoms with Crippen LogP contribution in [0.1, 0.15) is 213 Å². The molecule has 3 saturated heterocycles. The number of nitrogens with one attached hydrogen (secondary N) is 2. The first kappa shape index (κ1) is 74.7. The lowest BCUT2D eigenvalue weighted by Crippen LogP contribution is -2.70. The number of hydrogen-bond acceptors (Lipinski definition) is 20. The Bertz CT molecular complexity index is 1750. The van der Waals surface area contributed by atoms with Crippen LogP contribution in [0.5, 0.6) is 0 Å². The van der Waals surface area contributed by atoms with Gasteiger partial charge in [-0.2, -0.15) is 0 Å². The average Bonchev–Trinajstić information content (AvgIpc) is 3.62. The highest BCUT2D eigenvalue weighted by Crippen LogP contribution is 2.38. The fourth-order valence-electron chi connectivity index (χ4n) is 11.1. The summed E-state index contributed by atoms with van der Waals surface area (Å²) in [7, 11) is 0. The van der Waals surface area contributed by atoms with Crippen molar-refractivity contribution in [3.05, 3.63) is 12.2 Å². The lowest BCUT2D eigenvalue weighted by molar-refractivity contribution is -0.386. The molecule has 23 heteroatoms. The minimum Gasteiger partial charge on any atom is -0.477 e. The van der Waals surface area contributed by atoms with Gasteiger partial charge in [0.15, 0.2) is 12.6 Å². The van der Waals surface area contributed by atoms with Crippen LogP contribution in [-0.2, 0) is 42.8 Å². The second kappa shape index (κ2) is 42.4. The van der Waals surface area contributed by atoms with Gasteiger partial charge in [0.2, 0.25) is 11.8 Å². The van der Waals surface area contributed by atoms with Crippen LogP contribution < -0.4 is 10.6 Å². The van der Waals surface area contributed by atoms with E-state index in [-0.39, 0.29) is 18.9 Å². The smallest absolute Gasteiger partial charge is 0.364 e.